The van der Waals surface area contributed by atoms with Crippen LogP contribution in [-0.2, 0) is 11.3 Å². The van der Waals surface area contributed by atoms with Gasteiger partial charge in [-0.15, -0.1) is 0 Å². The summed E-state index contributed by atoms with van der Waals surface area (Å²) in [5, 5.41) is 0. The summed E-state index contributed by atoms with van der Waals surface area (Å²) in [7, 11) is 1.59. The van der Waals surface area contributed by atoms with Gasteiger partial charge in [0.1, 0.15) is 5.52 Å². The first-order valence-electron chi connectivity index (χ1n) is 6.94. The Kier molecular flexibility index (Phi) is 4.20. The van der Waals surface area contributed by atoms with Crippen LogP contribution >= 0.6 is 0 Å². The first kappa shape index (κ1) is 14.3. The van der Waals surface area contributed by atoms with Crippen molar-refractivity contribution in [1.82, 2.24) is 9.88 Å². The van der Waals surface area contributed by atoms with E-state index in [4.69, 9.17) is 13.6 Å². The molecule has 0 bridgehead atoms. The lowest BCUT2D eigenvalue weighted by atomic mass is 10.3. The van der Waals surface area contributed by atoms with E-state index in [0.717, 1.165) is 5.52 Å². The van der Waals surface area contributed by atoms with Crippen LogP contribution in [0.25, 0.3) is 11.1 Å². The fourth-order valence-corrected chi connectivity index (χ4v) is 2.16. The molecule has 0 fully saturated rings. The molecule has 0 N–H and O–H groups in total. The summed E-state index contributed by atoms with van der Waals surface area (Å²) in [6.07, 6.45) is 1.47. The lowest BCUT2D eigenvalue weighted by Crippen LogP contribution is -2.33. The van der Waals surface area contributed by atoms with E-state index in [1.54, 1.807) is 24.1 Å². The Bertz CT molecular complexity index is 715. The van der Waals surface area contributed by atoms with Crippen molar-refractivity contribution in [1.29, 1.82) is 0 Å². The largest absolute Gasteiger partial charge is 0.459 e. The molecule has 0 unspecified atom stereocenters. The molecule has 3 rings (SSSR count). The van der Waals surface area contributed by atoms with E-state index < -0.39 is 0 Å². The van der Waals surface area contributed by atoms with E-state index in [1.165, 1.54) is 6.26 Å². The molecule has 1 amide bonds. The molecule has 0 aliphatic rings. The van der Waals surface area contributed by atoms with Gasteiger partial charge in [0.15, 0.2) is 11.3 Å². The average Bonchev–Trinajstić information content (AvgIpc) is 3.19. The predicted molar refractivity (Wildman–Crippen MR) is 79.3 cm³/mol. The van der Waals surface area contributed by atoms with Gasteiger partial charge >= 0.3 is 0 Å². The van der Waals surface area contributed by atoms with Crippen molar-refractivity contribution in [2.24, 2.45) is 0 Å². The molecule has 0 aliphatic carbocycles. The number of para-hydroxylation sites is 2. The topological polar surface area (TPSA) is 68.7 Å². The molecule has 22 heavy (non-hydrogen) atoms. The number of amides is 1. The third-order valence-corrected chi connectivity index (χ3v) is 3.25. The van der Waals surface area contributed by atoms with Crippen molar-refractivity contribution in [3.8, 4) is 0 Å². The van der Waals surface area contributed by atoms with Gasteiger partial charge in [-0.25, -0.2) is 4.98 Å². The van der Waals surface area contributed by atoms with E-state index >= 15 is 0 Å². The number of hydrogen-bond donors (Lipinski definition) is 0. The number of furan rings is 1. The average molecular weight is 300 g/mol. The van der Waals surface area contributed by atoms with Crippen LogP contribution in [0.15, 0.2) is 51.5 Å². The van der Waals surface area contributed by atoms with E-state index in [1.807, 2.05) is 24.3 Å². The Morgan fingerprint density at radius 2 is 2.14 bits per heavy atom. The van der Waals surface area contributed by atoms with Gasteiger partial charge in [0.2, 0.25) is 5.89 Å². The number of carbonyl (C=O) groups is 1. The second kappa shape index (κ2) is 6.44. The highest BCUT2D eigenvalue weighted by Gasteiger charge is 2.20. The van der Waals surface area contributed by atoms with E-state index in [0.29, 0.717) is 24.6 Å². The van der Waals surface area contributed by atoms with Crippen molar-refractivity contribution in [3.05, 3.63) is 54.3 Å². The molecule has 0 aliphatic heterocycles. The number of hydrogen-bond acceptors (Lipinski definition) is 5. The van der Waals surface area contributed by atoms with Crippen molar-refractivity contribution >= 4 is 17.0 Å². The Balaban J connectivity index is 1.81. The maximum absolute atomic E-state index is 12.4. The van der Waals surface area contributed by atoms with Crippen LogP contribution in [0.5, 0.6) is 0 Å². The normalized spacial score (nSPS) is 11.0. The summed E-state index contributed by atoms with van der Waals surface area (Å²) in [4.78, 5) is 18.4. The lowest BCUT2D eigenvalue weighted by molar-refractivity contribution is 0.0633. The first-order chi connectivity index (χ1) is 10.8. The number of nitrogens with zero attached hydrogens (tertiary/aromatic N) is 2. The van der Waals surface area contributed by atoms with Crippen LogP contribution < -0.4 is 0 Å². The van der Waals surface area contributed by atoms with Crippen LogP contribution in [0, 0.1) is 0 Å². The van der Waals surface area contributed by atoms with Crippen molar-refractivity contribution in [3.63, 3.8) is 0 Å². The molecule has 2 aromatic heterocycles. The predicted octanol–water partition coefficient (Wildman–Crippen LogP) is 2.71. The van der Waals surface area contributed by atoms with Crippen molar-refractivity contribution in [2.45, 2.75) is 6.54 Å². The number of fused-ring (bicyclic) bond motifs is 1. The maximum Gasteiger partial charge on any atom is 0.290 e. The van der Waals surface area contributed by atoms with Crippen LogP contribution in [0.3, 0.4) is 0 Å². The van der Waals surface area contributed by atoms with Gasteiger partial charge in [0, 0.05) is 13.7 Å². The molecule has 1 aromatic carbocycles. The van der Waals surface area contributed by atoms with Crippen LogP contribution in [0.4, 0.5) is 0 Å². The molecule has 0 spiro atoms. The monoisotopic (exact) mass is 300 g/mol. The standard InChI is InChI=1S/C16H16N2O4/c1-20-10-8-18(16(19)14-7-4-9-21-14)11-15-17-12-5-2-3-6-13(12)22-15/h2-7,9H,8,10-11H2,1H3. The number of oxazole rings is 1. The Morgan fingerprint density at radius 3 is 2.86 bits per heavy atom. The number of aromatic nitrogens is 1. The third-order valence-electron chi connectivity index (χ3n) is 3.25. The SMILES string of the molecule is COCCN(Cc1nc2ccccc2o1)C(=O)c1ccco1. The van der Waals surface area contributed by atoms with Gasteiger partial charge in [-0.05, 0) is 24.3 Å². The molecule has 0 saturated carbocycles. The number of methoxy groups -OCH3 is 1. The second-order valence-corrected chi connectivity index (χ2v) is 4.77. The lowest BCUT2D eigenvalue weighted by Gasteiger charge is -2.19. The minimum atomic E-state index is -0.218. The van der Waals surface area contributed by atoms with Crippen molar-refractivity contribution < 1.29 is 18.4 Å². The molecule has 6 nitrogen and oxygen atoms in total. The Labute approximate surface area is 127 Å². The molecule has 6 heteroatoms. The Hall–Kier alpha value is -2.60. The molecule has 2 heterocycles. The second-order valence-electron chi connectivity index (χ2n) is 4.77. The van der Waals surface area contributed by atoms with Gasteiger partial charge in [0.05, 0.1) is 19.4 Å². The quantitative estimate of drug-likeness (QED) is 0.700. The first-order valence-corrected chi connectivity index (χ1v) is 6.94. The molecule has 0 atom stereocenters. The zero-order chi connectivity index (χ0) is 15.4. The van der Waals surface area contributed by atoms with E-state index in [-0.39, 0.29) is 18.2 Å². The number of rotatable bonds is 6. The summed E-state index contributed by atoms with van der Waals surface area (Å²) in [5.74, 6) is 0.550. The Morgan fingerprint density at radius 1 is 1.27 bits per heavy atom. The number of benzene rings is 1. The summed E-state index contributed by atoms with van der Waals surface area (Å²) in [6.45, 7) is 1.11. The number of ether oxygens (including phenoxy) is 1. The van der Waals surface area contributed by atoms with Gasteiger partial charge in [-0.2, -0.15) is 0 Å². The van der Waals surface area contributed by atoms with E-state index in [9.17, 15) is 4.79 Å². The van der Waals surface area contributed by atoms with Gasteiger partial charge in [-0.1, -0.05) is 12.1 Å². The molecular formula is C16H16N2O4. The fraction of sp³-hybridized carbons (Fsp3) is 0.250. The highest BCUT2D eigenvalue weighted by Crippen LogP contribution is 2.17. The van der Waals surface area contributed by atoms with Gasteiger partial charge in [-0.3, -0.25) is 4.79 Å². The molecule has 0 saturated heterocycles. The zero-order valence-corrected chi connectivity index (χ0v) is 12.2. The summed E-state index contributed by atoms with van der Waals surface area (Å²) in [5.41, 5.74) is 1.48. The summed E-state index contributed by atoms with van der Waals surface area (Å²) >= 11 is 0. The summed E-state index contributed by atoms with van der Waals surface area (Å²) in [6, 6.07) is 10.8. The van der Waals surface area contributed by atoms with Gasteiger partial charge in [0.25, 0.3) is 5.91 Å². The van der Waals surface area contributed by atoms with Crippen LogP contribution in [0.2, 0.25) is 0 Å². The molecular weight excluding hydrogens is 284 g/mol. The fourth-order valence-electron chi connectivity index (χ4n) is 2.16. The maximum atomic E-state index is 12.4. The smallest absolute Gasteiger partial charge is 0.290 e. The molecule has 3 aromatic rings. The third kappa shape index (κ3) is 3.01. The highest BCUT2D eigenvalue weighted by atomic mass is 16.5. The minimum Gasteiger partial charge on any atom is -0.459 e. The molecule has 0 radical (unpaired) electrons. The number of carbonyl (C=O) groups excluding carboxylic acids is 1. The summed E-state index contributed by atoms with van der Waals surface area (Å²) < 4.78 is 15.9. The van der Waals surface area contributed by atoms with E-state index in [2.05, 4.69) is 4.98 Å². The van der Waals surface area contributed by atoms with Gasteiger partial charge < -0.3 is 18.5 Å². The highest BCUT2D eigenvalue weighted by molar-refractivity contribution is 5.91. The van der Waals surface area contributed by atoms with Crippen molar-refractivity contribution in [2.75, 3.05) is 20.3 Å². The minimum absolute atomic E-state index is 0.218. The molecule has 114 valence electrons. The zero-order valence-electron chi connectivity index (χ0n) is 12.2. The van der Waals surface area contributed by atoms with Crippen LogP contribution in [-0.4, -0.2) is 36.1 Å². The van der Waals surface area contributed by atoms with Crippen LogP contribution in [0.1, 0.15) is 16.4 Å².